The first-order valence-corrected chi connectivity index (χ1v) is 10.7. The van der Waals surface area contributed by atoms with Gasteiger partial charge in [0.1, 0.15) is 5.82 Å². The molecule has 7 nitrogen and oxygen atoms in total. The van der Waals surface area contributed by atoms with Gasteiger partial charge in [0.2, 0.25) is 5.91 Å². The van der Waals surface area contributed by atoms with Crippen LogP contribution in [0.1, 0.15) is 43.5 Å². The first kappa shape index (κ1) is 18.2. The minimum atomic E-state index is 0.0122. The topological polar surface area (TPSA) is 84.7 Å². The highest BCUT2D eigenvalue weighted by atomic mass is 16.2. The van der Waals surface area contributed by atoms with E-state index in [-0.39, 0.29) is 17.6 Å². The Bertz CT molecular complexity index is 1090. The number of para-hydroxylation sites is 1. The number of amides is 1. The van der Waals surface area contributed by atoms with Gasteiger partial charge in [-0.1, -0.05) is 18.2 Å². The number of H-pyrrole nitrogens is 1. The molecule has 7 heteroatoms. The zero-order valence-corrected chi connectivity index (χ0v) is 16.6. The number of benzene rings is 1. The van der Waals surface area contributed by atoms with Crippen LogP contribution in [0.4, 0.5) is 0 Å². The Kier molecular flexibility index (Phi) is 4.73. The second-order valence-corrected chi connectivity index (χ2v) is 8.43. The molecule has 29 heavy (non-hydrogen) atoms. The molecule has 1 amide bonds. The summed E-state index contributed by atoms with van der Waals surface area (Å²) in [5.41, 5.74) is 2.29. The number of aromatic amines is 1. The van der Waals surface area contributed by atoms with Crippen LogP contribution in [0, 0.1) is 5.92 Å². The van der Waals surface area contributed by atoms with Crippen LogP contribution in [0.5, 0.6) is 0 Å². The quantitative estimate of drug-likeness (QED) is 0.674. The van der Waals surface area contributed by atoms with E-state index in [0.29, 0.717) is 18.9 Å². The molecule has 1 aliphatic heterocycles. The van der Waals surface area contributed by atoms with Gasteiger partial charge in [-0.2, -0.15) is 5.10 Å². The molecule has 0 saturated heterocycles. The summed E-state index contributed by atoms with van der Waals surface area (Å²) in [5.74, 6) is 1.58. The third-order valence-corrected chi connectivity index (χ3v) is 6.21. The molecule has 1 saturated carbocycles. The molecule has 3 heterocycles. The fourth-order valence-electron chi connectivity index (χ4n) is 4.32. The minimum Gasteiger partial charge on any atom is -0.361 e. The Morgan fingerprint density at radius 3 is 2.93 bits per heavy atom. The maximum atomic E-state index is 12.6. The predicted octanol–water partition coefficient (Wildman–Crippen LogP) is 2.39. The Hall–Kier alpha value is -2.83. The first-order chi connectivity index (χ1) is 14.2. The molecule has 1 atom stereocenters. The molecule has 5 rings (SSSR count). The molecular weight excluding hydrogens is 366 g/mol. The van der Waals surface area contributed by atoms with Crippen molar-refractivity contribution in [3.63, 3.8) is 0 Å². The molecule has 2 N–H and O–H groups in total. The van der Waals surface area contributed by atoms with E-state index in [1.54, 1.807) is 9.25 Å². The molecule has 3 aromatic rings. The van der Waals surface area contributed by atoms with Crippen molar-refractivity contribution >= 4 is 16.8 Å². The van der Waals surface area contributed by atoms with E-state index in [1.165, 1.54) is 23.8 Å². The first-order valence-electron chi connectivity index (χ1n) is 10.7. The fourth-order valence-corrected chi connectivity index (χ4v) is 4.32. The fraction of sp³-hybridized carbons (Fsp3) is 0.500. The number of aryl methyl sites for hydroxylation is 2. The highest BCUT2D eigenvalue weighted by molar-refractivity contribution is 5.84. The summed E-state index contributed by atoms with van der Waals surface area (Å²) < 4.78 is 3.45. The van der Waals surface area contributed by atoms with E-state index in [2.05, 4.69) is 21.5 Å². The summed E-state index contributed by atoms with van der Waals surface area (Å²) in [4.78, 5) is 28.3. The van der Waals surface area contributed by atoms with Gasteiger partial charge in [-0.25, -0.2) is 9.48 Å². The second kappa shape index (κ2) is 7.54. The Labute approximate surface area is 169 Å². The van der Waals surface area contributed by atoms with E-state index in [9.17, 15) is 9.59 Å². The summed E-state index contributed by atoms with van der Waals surface area (Å²) in [7, 11) is 0. The van der Waals surface area contributed by atoms with Crippen LogP contribution in [0.2, 0.25) is 0 Å². The van der Waals surface area contributed by atoms with E-state index in [4.69, 9.17) is 0 Å². The van der Waals surface area contributed by atoms with Crippen LogP contribution in [-0.4, -0.2) is 31.3 Å². The summed E-state index contributed by atoms with van der Waals surface area (Å²) >= 11 is 0. The standard InChI is InChI=1S/C22H27N5O2/c28-21(10-7-16-13-23-19-4-2-1-3-18(16)19)24-17-8-9-20-25-27(14-15-5-6-15)22(29)26(20)12-11-17/h1-4,13,15,17,23H,5-12,14H2,(H,24,28)/t17-/m0/s1. The van der Waals surface area contributed by atoms with E-state index in [0.717, 1.165) is 43.6 Å². The van der Waals surface area contributed by atoms with Crippen LogP contribution in [0.3, 0.4) is 0 Å². The molecule has 0 bridgehead atoms. The number of carbonyl (C=O) groups excluding carboxylic acids is 1. The number of hydrogen-bond acceptors (Lipinski definition) is 3. The highest BCUT2D eigenvalue weighted by Crippen LogP contribution is 2.30. The number of nitrogens with one attached hydrogen (secondary N) is 2. The molecule has 1 aromatic carbocycles. The van der Waals surface area contributed by atoms with Crippen LogP contribution in [-0.2, 0) is 30.7 Å². The Morgan fingerprint density at radius 1 is 1.21 bits per heavy atom. The van der Waals surface area contributed by atoms with Crippen molar-refractivity contribution < 1.29 is 4.79 Å². The van der Waals surface area contributed by atoms with Crippen molar-refractivity contribution in [1.29, 1.82) is 0 Å². The van der Waals surface area contributed by atoms with Gasteiger partial charge in [-0.3, -0.25) is 9.36 Å². The van der Waals surface area contributed by atoms with Gasteiger partial charge >= 0.3 is 5.69 Å². The minimum absolute atomic E-state index is 0.0122. The third-order valence-electron chi connectivity index (χ3n) is 6.21. The van der Waals surface area contributed by atoms with Crippen molar-refractivity contribution in [1.82, 2.24) is 24.6 Å². The van der Waals surface area contributed by atoms with Gasteiger partial charge < -0.3 is 10.3 Å². The van der Waals surface area contributed by atoms with Gasteiger partial charge in [0, 0.05) is 49.1 Å². The zero-order chi connectivity index (χ0) is 19.8. The maximum absolute atomic E-state index is 12.6. The zero-order valence-electron chi connectivity index (χ0n) is 16.6. The SMILES string of the molecule is O=C(CCc1c[nH]c2ccccc12)N[C@H]1CCc2nn(CC3CC3)c(=O)n2CC1. The van der Waals surface area contributed by atoms with Crippen molar-refractivity contribution in [3.05, 3.63) is 52.3 Å². The van der Waals surface area contributed by atoms with Gasteiger partial charge in [0.25, 0.3) is 0 Å². The number of nitrogens with zero attached hydrogens (tertiary/aromatic N) is 3. The largest absolute Gasteiger partial charge is 0.361 e. The number of rotatable bonds is 6. The Morgan fingerprint density at radius 2 is 2.07 bits per heavy atom. The van der Waals surface area contributed by atoms with Gasteiger partial charge in [0.05, 0.1) is 0 Å². The van der Waals surface area contributed by atoms with Crippen LogP contribution >= 0.6 is 0 Å². The van der Waals surface area contributed by atoms with Crippen molar-refractivity contribution in [2.75, 3.05) is 0 Å². The van der Waals surface area contributed by atoms with Crippen LogP contribution < -0.4 is 11.0 Å². The van der Waals surface area contributed by atoms with Crippen LogP contribution in [0.15, 0.2) is 35.3 Å². The average Bonchev–Trinajstić information content (AvgIpc) is 3.42. The number of hydrogen-bond donors (Lipinski definition) is 2. The van der Waals surface area contributed by atoms with Gasteiger partial charge in [-0.15, -0.1) is 0 Å². The van der Waals surface area contributed by atoms with Crippen molar-refractivity contribution in [2.24, 2.45) is 5.92 Å². The lowest BCUT2D eigenvalue weighted by Gasteiger charge is -2.16. The third kappa shape index (κ3) is 3.86. The second-order valence-electron chi connectivity index (χ2n) is 8.43. The molecular formula is C22H27N5O2. The molecule has 2 aliphatic rings. The van der Waals surface area contributed by atoms with Crippen molar-refractivity contribution in [3.8, 4) is 0 Å². The van der Waals surface area contributed by atoms with Gasteiger partial charge in [-0.05, 0) is 49.7 Å². The summed E-state index contributed by atoms with van der Waals surface area (Å²) in [6, 6.07) is 8.26. The summed E-state index contributed by atoms with van der Waals surface area (Å²) in [6.07, 6.45) is 7.95. The normalized spacial score (nSPS) is 19.1. The number of aromatic nitrogens is 4. The van der Waals surface area contributed by atoms with E-state index < -0.39 is 0 Å². The summed E-state index contributed by atoms with van der Waals surface area (Å²) in [6.45, 7) is 1.39. The van der Waals surface area contributed by atoms with Crippen LogP contribution in [0.25, 0.3) is 10.9 Å². The summed E-state index contributed by atoms with van der Waals surface area (Å²) in [5, 5.41) is 8.91. The van der Waals surface area contributed by atoms with Gasteiger partial charge in [0.15, 0.2) is 0 Å². The molecule has 0 radical (unpaired) electrons. The monoisotopic (exact) mass is 393 g/mol. The Balaban J connectivity index is 1.16. The molecule has 1 aliphatic carbocycles. The lowest BCUT2D eigenvalue weighted by atomic mass is 10.1. The molecule has 0 unspecified atom stereocenters. The van der Waals surface area contributed by atoms with E-state index >= 15 is 0 Å². The molecule has 1 fully saturated rings. The predicted molar refractivity (Wildman–Crippen MR) is 111 cm³/mol. The average molecular weight is 393 g/mol. The lowest BCUT2D eigenvalue weighted by molar-refractivity contribution is -0.121. The van der Waals surface area contributed by atoms with Crippen molar-refractivity contribution in [2.45, 2.75) is 64.1 Å². The van der Waals surface area contributed by atoms with E-state index in [1.807, 2.05) is 24.4 Å². The maximum Gasteiger partial charge on any atom is 0.345 e. The molecule has 2 aromatic heterocycles. The lowest BCUT2D eigenvalue weighted by Crippen LogP contribution is -2.36. The smallest absolute Gasteiger partial charge is 0.345 e. The highest BCUT2D eigenvalue weighted by Gasteiger charge is 2.26. The number of carbonyl (C=O) groups is 1. The molecule has 152 valence electrons. The molecule has 0 spiro atoms. The number of fused-ring (bicyclic) bond motifs is 2.